The Morgan fingerprint density at radius 2 is 1.96 bits per heavy atom. The van der Waals surface area contributed by atoms with E-state index in [-0.39, 0.29) is 11.9 Å². The van der Waals surface area contributed by atoms with E-state index in [0.29, 0.717) is 25.2 Å². The summed E-state index contributed by atoms with van der Waals surface area (Å²) in [6.45, 7) is 2.37. The summed E-state index contributed by atoms with van der Waals surface area (Å²) in [6.07, 6.45) is 0. The minimum atomic E-state index is -0.574. The molecule has 0 radical (unpaired) electrons. The number of ether oxygens (including phenoxy) is 1. The monoisotopic (exact) mass is 368 g/mol. The van der Waals surface area contributed by atoms with Crippen molar-refractivity contribution >= 4 is 11.9 Å². The summed E-state index contributed by atoms with van der Waals surface area (Å²) in [6, 6.07) is 14.3. The molecule has 1 unspecified atom stereocenters. The Bertz CT molecular complexity index is 807. The molecule has 142 valence electrons. The number of methoxy groups -OCH3 is 1. The summed E-state index contributed by atoms with van der Waals surface area (Å²) in [5.74, 6) is 0.749. The number of hydrogen-bond donors (Lipinski definition) is 3. The highest BCUT2D eigenvalue weighted by molar-refractivity contribution is 5.94. The highest BCUT2D eigenvalue weighted by atomic mass is 16.5. The Morgan fingerprint density at radius 1 is 1.22 bits per heavy atom. The summed E-state index contributed by atoms with van der Waals surface area (Å²) < 4.78 is 5.48. The maximum atomic E-state index is 13.1. The third kappa shape index (κ3) is 4.38. The number of primary amides is 1. The number of nitrogens with zero attached hydrogens (tertiary/aromatic N) is 1. The molecule has 2 aromatic carbocycles. The van der Waals surface area contributed by atoms with Gasteiger partial charge in [0.05, 0.1) is 13.2 Å². The summed E-state index contributed by atoms with van der Waals surface area (Å²) >= 11 is 0. The molecule has 1 atom stereocenters. The Kier molecular flexibility index (Phi) is 5.93. The SMILES string of the molecule is COc1ccccc1C1CNCCN1C(=O)c1ccc(CNC(N)=O)cc1. The maximum Gasteiger partial charge on any atom is 0.312 e. The van der Waals surface area contributed by atoms with E-state index in [2.05, 4.69) is 10.6 Å². The van der Waals surface area contributed by atoms with E-state index >= 15 is 0 Å². The van der Waals surface area contributed by atoms with Crippen molar-refractivity contribution in [3.05, 3.63) is 65.2 Å². The van der Waals surface area contributed by atoms with E-state index < -0.39 is 6.03 Å². The van der Waals surface area contributed by atoms with Crippen molar-refractivity contribution in [2.45, 2.75) is 12.6 Å². The van der Waals surface area contributed by atoms with Gasteiger partial charge in [-0.1, -0.05) is 30.3 Å². The summed E-state index contributed by atoms with van der Waals surface area (Å²) in [4.78, 5) is 25.8. The number of carbonyl (C=O) groups is 2. The number of carbonyl (C=O) groups excluding carboxylic acids is 2. The number of nitrogens with two attached hydrogens (primary N) is 1. The number of benzene rings is 2. The predicted molar refractivity (Wildman–Crippen MR) is 103 cm³/mol. The lowest BCUT2D eigenvalue weighted by Crippen LogP contribution is -2.48. The Labute approximate surface area is 158 Å². The van der Waals surface area contributed by atoms with Gasteiger partial charge in [-0.05, 0) is 23.8 Å². The number of nitrogens with one attached hydrogen (secondary N) is 2. The number of rotatable bonds is 5. The molecule has 0 aromatic heterocycles. The number of piperazine rings is 1. The number of urea groups is 1. The molecule has 0 saturated carbocycles. The van der Waals surface area contributed by atoms with Crippen LogP contribution in [0.1, 0.15) is 27.5 Å². The number of amides is 3. The molecule has 1 fully saturated rings. The second-order valence-electron chi connectivity index (χ2n) is 6.38. The topological polar surface area (TPSA) is 96.7 Å². The molecule has 0 spiro atoms. The van der Waals surface area contributed by atoms with Gasteiger partial charge in [0.15, 0.2) is 0 Å². The molecule has 2 aromatic rings. The van der Waals surface area contributed by atoms with Crippen molar-refractivity contribution in [3.63, 3.8) is 0 Å². The van der Waals surface area contributed by atoms with E-state index in [1.807, 2.05) is 41.3 Å². The molecule has 3 amide bonds. The quantitative estimate of drug-likeness (QED) is 0.748. The molecule has 7 heteroatoms. The molecule has 27 heavy (non-hydrogen) atoms. The van der Waals surface area contributed by atoms with E-state index in [0.717, 1.165) is 23.4 Å². The van der Waals surface area contributed by atoms with Gasteiger partial charge in [-0.2, -0.15) is 0 Å². The molecule has 1 heterocycles. The minimum Gasteiger partial charge on any atom is -0.496 e. The third-order valence-electron chi connectivity index (χ3n) is 4.67. The van der Waals surface area contributed by atoms with Crippen LogP contribution in [0.5, 0.6) is 5.75 Å². The first-order valence-electron chi connectivity index (χ1n) is 8.87. The van der Waals surface area contributed by atoms with Gasteiger partial charge in [-0.25, -0.2) is 4.79 Å². The predicted octanol–water partition coefficient (Wildman–Crippen LogP) is 1.65. The number of para-hydroxylation sites is 1. The second-order valence-corrected chi connectivity index (χ2v) is 6.38. The van der Waals surface area contributed by atoms with Crippen molar-refractivity contribution in [2.24, 2.45) is 5.73 Å². The fraction of sp³-hybridized carbons (Fsp3) is 0.300. The van der Waals surface area contributed by atoms with Crippen molar-refractivity contribution in [1.29, 1.82) is 0 Å². The molecule has 1 saturated heterocycles. The van der Waals surface area contributed by atoms with Crippen molar-refractivity contribution in [3.8, 4) is 5.75 Å². The van der Waals surface area contributed by atoms with Gasteiger partial charge in [0.1, 0.15) is 5.75 Å². The first-order valence-corrected chi connectivity index (χ1v) is 8.87. The van der Waals surface area contributed by atoms with E-state index in [9.17, 15) is 9.59 Å². The second kappa shape index (κ2) is 8.55. The van der Waals surface area contributed by atoms with Crippen LogP contribution >= 0.6 is 0 Å². The molecular weight excluding hydrogens is 344 g/mol. The van der Waals surface area contributed by atoms with Gasteiger partial charge >= 0.3 is 6.03 Å². The lowest BCUT2D eigenvalue weighted by Gasteiger charge is -2.37. The van der Waals surface area contributed by atoms with Crippen LogP contribution in [-0.2, 0) is 6.54 Å². The van der Waals surface area contributed by atoms with Crippen LogP contribution in [0, 0.1) is 0 Å². The lowest BCUT2D eigenvalue weighted by atomic mass is 10.0. The fourth-order valence-corrected chi connectivity index (χ4v) is 3.29. The van der Waals surface area contributed by atoms with Crippen molar-refractivity contribution < 1.29 is 14.3 Å². The summed E-state index contributed by atoms with van der Waals surface area (Å²) in [5.41, 5.74) is 7.56. The Hall–Kier alpha value is -3.06. The highest BCUT2D eigenvalue weighted by Crippen LogP contribution is 2.31. The Morgan fingerprint density at radius 3 is 2.67 bits per heavy atom. The fourth-order valence-electron chi connectivity index (χ4n) is 3.29. The van der Waals surface area contributed by atoms with Gasteiger partial charge in [-0.15, -0.1) is 0 Å². The minimum absolute atomic E-state index is 0.0261. The zero-order valence-electron chi connectivity index (χ0n) is 15.3. The smallest absolute Gasteiger partial charge is 0.312 e. The molecule has 4 N–H and O–H groups in total. The molecule has 1 aliphatic heterocycles. The summed E-state index contributed by atoms with van der Waals surface area (Å²) in [7, 11) is 1.64. The number of hydrogen-bond acceptors (Lipinski definition) is 4. The lowest BCUT2D eigenvalue weighted by molar-refractivity contribution is 0.0631. The van der Waals surface area contributed by atoms with Gasteiger partial charge in [-0.3, -0.25) is 4.79 Å². The van der Waals surface area contributed by atoms with Crippen LogP contribution in [0.2, 0.25) is 0 Å². The molecule has 7 nitrogen and oxygen atoms in total. The van der Waals surface area contributed by atoms with Crippen LogP contribution < -0.4 is 21.1 Å². The van der Waals surface area contributed by atoms with E-state index in [1.165, 1.54) is 0 Å². The van der Waals surface area contributed by atoms with Gasteiger partial charge in [0, 0.05) is 37.3 Å². The average molecular weight is 368 g/mol. The van der Waals surface area contributed by atoms with Crippen LogP contribution in [0.25, 0.3) is 0 Å². The van der Waals surface area contributed by atoms with Crippen LogP contribution in [0.15, 0.2) is 48.5 Å². The van der Waals surface area contributed by atoms with Crippen molar-refractivity contribution in [2.75, 3.05) is 26.7 Å². The normalized spacial score (nSPS) is 16.6. The third-order valence-corrected chi connectivity index (χ3v) is 4.67. The van der Waals surface area contributed by atoms with Crippen LogP contribution in [0.3, 0.4) is 0 Å². The Balaban J connectivity index is 1.80. The average Bonchev–Trinajstić information content (AvgIpc) is 2.72. The van der Waals surface area contributed by atoms with E-state index in [1.54, 1.807) is 19.2 Å². The molecule has 0 aliphatic carbocycles. The van der Waals surface area contributed by atoms with Crippen LogP contribution in [-0.4, -0.2) is 43.6 Å². The maximum absolute atomic E-state index is 13.1. The van der Waals surface area contributed by atoms with Crippen molar-refractivity contribution in [1.82, 2.24) is 15.5 Å². The zero-order chi connectivity index (χ0) is 19.2. The molecule has 3 rings (SSSR count). The zero-order valence-corrected chi connectivity index (χ0v) is 15.3. The molecule has 0 bridgehead atoms. The van der Waals surface area contributed by atoms with Gasteiger partial charge < -0.3 is 26.0 Å². The first kappa shape index (κ1) is 18.7. The largest absolute Gasteiger partial charge is 0.496 e. The van der Waals surface area contributed by atoms with Crippen LogP contribution in [0.4, 0.5) is 4.79 Å². The van der Waals surface area contributed by atoms with Gasteiger partial charge in [0.2, 0.25) is 0 Å². The first-order chi connectivity index (χ1) is 13.1. The standard InChI is InChI=1S/C20H24N4O3/c1-27-18-5-3-2-4-16(18)17-13-22-10-11-24(17)19(25)15-8-6-14(7-9-15)12-23-20(21)26/h2-9,17,22H,10-13H2,1H3,(H3,21,23,26). The molecule has 1 aliphatic rings. The molecular formula is C20H24N4O3. The summed E-state index contributed by atoms with van der Waals surface area (Å²) in [5, 5.41) is 5.89. The van der Waals surface area contributed by atoms with Gasteiger partial charge in [0.25, 0.3) is 5.91 Å². The highest BCUT2D eigenvalue weighted by Gasteiger charge is 2.30. The van der Waals surface area contributed by atoms with E-state index in [4.69, 9.17) is 10.5 Å².